The van der Waals surface area contributed by atoms with Crippen LogP contribution in [-0.2, 0) is 32.5 Å². The van der Waals surface area contributed by atoms with Crippen molar-refractivity contribution in [2.24, 2.45) is 0 Å². The Morgan fingerprint density at radius 2 is 0.857 bits per heavy atom. The van der Waals surface area contributed by atoms with E-state index in [1.54, 1.807) is 0 Å². The Labute approximate surface area is 543 Å². The molecular weight excluding hydrogens is 1100 g/mol. The molecule has 91 heavy (non-hydrogen) atoms. The molecule has 1 fully saturated rings. The predicted octanol–water partition coefficient (Wildman–Crippen LogP) is 21.4. The lowest BCUT2D eigenvalue weighted by molar-refractivity contribution is 0.195. The molecule has 4 heteroatoms. The van der Waals surface area contributed by atoms with Crippen LogP contribution in [0.4, 0.5) is 45.5 Å². The first-order valence-electron chi connectivity index (χ1n) is 34.0. The second-order valence-electron chi connectivity index (χ2n) is 31.9. The van der Waals surface area contributed by atoms with Crippen molar-refractivity contribution in [1.29, 1.82) is 0 Å². The molecule has 0 amide bonds. The Morgan fingerprint density at radius 3 is 1.46 bits per heavy atom. The Kier molecular flexibility index (Phi) is 12.6. The van der Waals surface area contributed by atoms with E-state index in [0.717, 1.165) is 19.3 Å². The van der Waals surface area contributed by atoms with Gasteiger partial charge in [-0.05, 0) is 205 Å². The second-order valence-corrected chi connectivity index (χ2v) is 31.9. The molecule has 3 aliphatic carbocycles. The maximum atomic E-state index is 2.86. The molecule has 0 radical (unpaired) electrons. The zero-order valence-corrected chi connectivity index (χ0v) is 56.3. The molecule has 2 unspecified atom stereocenters. The molecule has 0 aromatic heterocycles. The quantitative estimate of drug-likeness (QED) is 0.154. The largest absolute Gasteiger partial charge is 0.334 e. The topological polar surface area (TPSA) is 9.72 Å². The van der Waals surface area contributed by atoms with Crippen LogP contribution >= 0.6 is 0 Å². The van der Waals surface area contributed by atoms with Gasteiger partial charge in [-0.25, -0.2) is 0 Å². The highest BCUT2D eigenvalue weighted by Crippen LogP contribution is 2.63. The van der Waals surface area contributed by atoms with Gasteiger partial charge >= 0.3 is 0 Å². The van der Waals surface area contributed by atoms with Gasteiger partial charge in [0, 0.05) is 61.6 Å². The molecule has 0 bridgehead atoms. The fraction of sp³-hybridized carbons (Fsp3) is 0.310. The van der Waals surface area contributed by atoms with E-state index in [-0.39, 0.29) is 44.7 Å². The van der Waals surface area contributed by atoms with Crippen molar-refractivity contribution in [2.75, 3.05) is 14.7 Å². The average molecular weight is 1190 g/mol. The van der Waals surface area contributed by atoms with Gasteiger partial charge in [-0.1, -0.05) is 248 Å². The van der Waals surface area contributed by atoms with Crippen LogP contribution in [0.5, 0.6) is 0 Å². The van der Waals surface area contributed by atoms with E-state index in [9.17, 15) is 0 Å². The molecule has 3 nitrogen and oxygen atoms in total. The SMILES string of the molecule is Cc1cc2c(cc1N1c3ccc(-c4ccccc4)cc3B3c4cc5c(cc4N(c4ccc(C(C)(C)C)cc4-c4ccccc4)c4cc(N6c7ccc(-c8ccccc8)cc7C7(C)CCCCC67C)cc1c43)C(C)(C)c1ccccc1C5(C)C)C(C)(C)CCC2(C)C. The molecule has 0 saturated heterocycles. The lowest BCUT2D eigenvalue weighted by Gasteiger charge is -2.51. The molecule has 6 aliphatic rings. The smallest absolute Gasteiger partial charge is 0.252 e. The Balaban J connectivity index is 1.08. The predicted molar refractivity (Wildman–Crippen MR) is 389 cm³/mol. The zero-order valence-electron chi connectivity index (χ0n) is 56.3. The number of hydrogen-bond acceptors (Lipinski definition) is 3. The molecular formula is C87H88BN3. The molecule has 0 spiro atoms. The number of aryl methyl sites for hydroxylation is 1. The molecule has 1 saturated carbocycles. The Hall–Kier alpha value is -8.34. The molecule has 10 aromatic carbocycles. The number of fused-ring (bicyclic) bond motifs is 10. The van der Waals surface area contributed by atoms with E-state index in [1.807, 2.05) is 0 Å². The molecule has 3 heterocycles. The first-order valence-corrected chi connectivity index (χ1v) is 34.0. The van der Waals surface area contributed by atoms with Crippen molar-refractivity contribution in [3.8, 4) is 33.4 Å². The van der Waals surface area contributed by atoms with Gasteiger partial charge in [-0.2, -0.15) is 0 Å². The standard InChI is InChI=1S/C87H88BN3/c1-55-46-66-67(83(7,8)45-44-82(66,5)6)53-76(55)90-75-40-37-60(57-30-20-16-21-31-57)48-71(75)88-72-52-68-69(85(11,12)65-35-25-24-34-64(65)84(68,9)10)54-77(72)89(73-41-38-61(81(2,3)4)49-63(73)58-32-22-17-23-33-58)78-50-62(51-79(90)80(78)88)91-74-39-36-59(56-28-18-15-19-29-56)47-70(74)86(13)42-26-27-43-87(86,91)14/h15-25,28-41,46-54H,26-27,42-45H2,1-14H3. The third kappa shape index (κ3) is 8.38. The number of benzene rings is 10. The summed E-state index contributed by atoms with van der Waals surface area (Å²) >= 11 is 0. The van der Waals surface area contributed by atoms with Crippen molar-refractivity contribution in [3.05, 3.63) is 256 Å². The monoisotopic (exact) mass is 1190 g/mol. The van der Waals surface area contributed by atoms with E-state index >= 15 is 0 Å². The van der Waals surface area contributed by atoms with Crippen LogP contribution in [0.25, 0.3) is 33.4 Å². The number of anilines is 8. The van der Waals surface area contributed by atoms with Crippen LogP contribution in [0.1, 0.15) is 179 Å². The first kappa shape index (κ1) is 57.8. The highest BCUT2D eigenvalue weighted by molar-refractivity contribution is 7.00. The van der Waals surface area contributed by atoms with Crippen molar-refractivity contribution < 1.29 is 0 Å². The van der Waals surface area contributed by atoms with Crippen LogP contribution in [0.2, 0.25) is 0 Å². The summed E-state index contributed by atoms with van der Waals surface area (Å²) in [6.45, 7) is 34.5. The summed E-state index contributed by atoms with van der Waals surface area (Å²) in [6, 6.07) is 81.3. The van der Waals surface area contributed by atoms with Gasteiger partial charge in [0.25, 0.3) is 6.71 Å². The minimum Gasteiger partial charge on any atom is -0.334 e. The van der Waals surface area contributed by atoms with Crippen molar-refractivity contribution in [3.63, 3.8) is 0 Å². The lowest BCUT2D eigenvalue weighted by Crippen LogP contribution is -2.62. The number of rotatable bonds is 6. The van der Waals surface area contributed by atoms with Crippen LogP contribution in [-0.4, -0.2) is 12.3 Å². The highest BCUT2D eigenvalue weighted by atomic mass is 15.3. The second kappa shape index (κ2) is 19.8. The van der Waals surface area contributed by atoms with E-state index in [1.165, 1.54) is 165 Å². The number of nitrogens with zero attached hydrogens (tertiary/aromatic N) is 3. The van der Waals surface area contributed by atoms with Gasteiger partial charge in [0.1, 0.15) is 0 Å². The minimum atomic E-state index is -0.292. The molecule has 0 N–H and O–H groups in total. The van der Waals surface area contributed by atoms with E-state index in [2.05, 4.69) is 318 Å². The van der Waals surface area contributed by atoms with Gasteiger partial charge < -0.3 is 14.7 Å². The van der Waals surface area contributed by atoms with Gasteiger partial charge in [0.15, 0.2) is 0 Å². The summed E-state index contributed by atoms with van der Waals surface area (Å²) < 4.78 is 0. The highest BCUT2D eigenvalue weighted by Gasteiger charge is 2.59. The summed E-state index contributed by atoms with van der Waals surface area (Å²) in [5.74, 6) is 0. The van der Waals surface area contributed by atoms with Crippen LogP contribution < -0.4 is 31.1 Å². The summed E-state index contributed by atoms with van der Waals surface area (Å²) in [7, 11) is 0. The minimum absolute atomic E-state index is 0.00806. The molecule has 454 valence electrons. The van der Waals surface area contributed by atoms with Gasteiger partial charge in [-0.3, -0.25) is 0 Å². The normalized spacial score (nSPS) is 20.7. The van der Waals surface area contributed by atoms with E-state index in [4.69, 9.17) is 0 Å². The van der Waals surface area contributed by atoms with Crippen molar-refractivity contribution >= 4 is 68.6 Å². The summed E-state index contributed by atoms with van der Waals surface area (Å²) in [5, 5.41) is 0. The lowest BCUT2D eigenvalue weighted by atomic mass is 9.33. The van der Waals surface area contributed by atoms with E-state index in [0.29, 0.717) is 0 Å². The van der Waals surface area contributed by atoms with Gasteiger partial charge in [0.05, 0.1) is 11.2 Å². The molecule has 2 atom stereocenters. The van der Waals surface area contributed by atoms with Crippen LogP contribution in [0, 0.1) is 6.92 Å². The summed E-state index contributed by atoms with van der Waals surface area (Å²) in [4.78, 5) is 8.41. The summed E-state index contributed by atoms with van der Waals surface area (Å²) in [6.07, 6.45) is 6.94. The Bertz CT molecular complexity index is 4640. The van der Waals surface area contributed by atoms with Crippen molar-refractivity contribution in [1.82, 2.24) is 0 Å². The average Bonchev–Trinajstić information content (AvgIpc) is 1.39. The van der Waals surface area contributed by atoms with E-state index < -0.39 is 0 Å². The first-order chi connectivity index (χ1) is 43.4. The fourth-order valence-electron chi connectivity index (χ4n) is 18.3. The molecule has 3 aliphatic heterocycles. The summed E-state index contributed by atoms with van der Waals surface area (Å²) in [5.41, 5.74) is 33.3. The van der Waals surface area contributed by atoms with Gasteiger partial charge in [-0.15, -0.1) is 0 Å². The molecule has 10 aromatic rings. The third-order valence-corrected chi connectivity index (χ3v) is 24.0. The van der Waals surface area contributed by atoms with Gasteiger partial charge in [0.2, 0.25) is 0 Å². The fourth-order valence-corrected chi connectivity index (χ4v) is 18.3. The van der Waals surface area contributed by atoms with Crippen LogP contribution in [0.15, 0.2) is 206 Å². The van der Waals surface area contributed by atoms with Crippen molar-refractivity contribution in [2.45, 2.75) is 173 Å². The third-order valence-electron chi connectivity index (χ3n) is 24.0. The number of hydrogen-bond donors (Lipinski definition) is 0. The molecule has 16 rings (SSSR count). The Morgan fingerprint density at radius 1 is 0.363 bits per heavy atom. The maximum absolute atomic E-state index is 2.86. The maximum Gasteiger partial charge on any atom is 0.252 e. The zero-order chi connectivity index (χ0) is 63.1. The van der Waals surface area contributed by atoms with Crippen LogP contribution in [0.3, 0.4) is 0 Å².